The van der Waals surface area contributed by atoms with Gasteiger partial charge in [-0.15, -0.1) is 0 Å². The molecule has 2 saturated heterocycles. The molecule has 0 radical (unpaired) electrons. The Morgan fingerprint density at radius 1 is 1.07 bits per heavy atom. The van der Waals surface area contributed by atoms with Gasteiger partial charge in [-0.3, -0.25) is 19.9 Å². The van der Waals surface area contributed by atoms with Crippen molar-refractivity contribution in [1.29, 1.82) is 0 Å². The summed E-state index contributed by atoms with van der Waals surface area (Å²) in [6.45, 7) is 0. The van der Waals surface area contributed by atoms with Crippen LogP contribution in [0.3, 0.4) is 0 Å². The van der Waals surface area contributed by atoms with E-state index in [9.17, 15) is 23.3 Å². The van der Waals surface area contributed by atoms with Gasteiger partial charge < -0.3 is 4.74 Å². The molecule has 2 fully saturated rings. The average Bonchev–Trinajstić information content (AvgIpc) is 3.10. The van der Waals surface area contributed by atoms with E-state index >= 15 is 0 Å². The van der Waals surface area contributed by atoms with Gasteiger partial charge in [-0.05, 0) is 18.2 Å². The highest BCUT2D eigenvalue weighted by Crippen LogP contribution is 2.41. The van der Waals surface area contributed by atoms with Crippen LogP contribution in [0.25, 0.3) is 0 Å². The molecule has 2 aliphatic heterocycles. The topological polar surface area (TPSA) is 110 Å². The number of nitrogens with zero attached hydrogens (tertiary/aromatic N) is 3. The molecule has 9 nitrogen and oxygen atoms in total. The van der Waals surface area contributed by atoms with Gasteiger partial charge in [0.1, 0.15) is 5.75 Å². The first-order valence-corrected chi connectivity index (χ1v) is 10.3. The van der Waals surface area contributed by atoms with Crippen molar-refractivity contribution in [3.63, 3.8) is 0 Å². The monoisotopic (exact) mass is 403 g/mol. The lowest BCUT2D eigenvalue weighted by atomic mass is 10.1. The zero-order valence-corrected chi connectivity index (χ0v) is 15.7. The van der Waals surface area contributed by atoms with Gasteiger partial charge in [0, 0.05) is 12.1 Å². The molecule has 0 spiro atoms. The molecule has 2 atom stereocenters. The van der Waals surface area contributed by atoms with Crippen LogP contribution in [0.5, 0.6) is 5.75 Å². The number of urea groups is 1. The smallest absolute Gasteiger partial charge is 0.329 e. The third kappa shape index (κ3) is 2.85. The highest BCUT2D eigenvalue weighted by Gasteiger charge is 2.55. The Kier molecular flexibility index (Phi) is 4.22. The minimum atomic E-state index is -3.37. The predicted octanol–water partition coefficient (Wildman–Crippen LogP) is 2.22. The Balaban J connectivity index is 1.84. The van der Waals surface area contributed by atoms with E-state index in [1.54, 1.807) is 30.3 Å². The first kappa shape index (κ1) is 18.2. The first-order chi connectivity index (χ1) is 13.3. The van der Waals surface area contributed by atoms with Crippen molar-refractivity contribution in [2.75, 3.05) is 28.4 Å². The zero-order chi connectivity index (χ0) is 20.1. The number of nitro benzene ring substituents is 1. The summed E-state index contributed by atoms with van der Waals surface area (Å²) in [7, 11) is -1.89. The third-order valence-corrected chi connectivity index (χ3v) is 6.73. The van der Waals surface area contributed by atoms with Gasteiger partial charge in [-0.2, -0.15) is 0 Å². The molecule has 2 amide bonds. The van der Waals surface area contributed by atoms with Crippen LogP contribution in [0.1, 0.15) is 0 Å². The molecule has 28 heavy (non-hydrogen) atoms. The van der Waals surface area contributed by atoms with Crippen molar-refractivity contribution in [2.45, 2.75) is 12.1 Å². The first-order valence-electron chi connectivity index (χ1n) is 8.53. The Bertz CT molecular complexity index is 1070. The number of carbonyl (C=O) groups excluding carboxylic acids is 1. The summed E-state index contributed by atoms with van der Waals surface area (Å²) >= 11 is 0. The summed E-state index contributed by atoms with van der Waals surface area (Å²) in [5.41, 5.74) is 0.595. The molecule has 146 valence electrons. The van der Waals surface area contributed by atoms with E-state index in [0.717, 1.165) is 0 Å². The maximum Gasteiger partial charge on any atom is 0.329 e. The van der Waals surface area contributed by atoms with Gasteiger partial charge in [0.15, 0.2) is 9.84 Å². The van der Waals surface area contributed by atoms with E-state index in [-0.39, 0.29) is 17.2 Å². The molecule has 0 unspecified atom stereocenters. The molecular formula is C18H17N3O6S. The van der Waals surface area contributed by atoms with Crippen molar-refractivity contribution < 1.29 is 22.9 Å². The van der Waals surface area contributed by atoms with E-state index in [2.05, 4.69) is 0 Å². The lowest BCUT2D eigenvalue weighted by Gasteiger charge is -2.24. The lowest BCUT2D eigenvalue weighted by Crippen LogP contribution is -2.38. The Morgan fingerprint density at radius 3 is 2.43 bits per heavy atom. The fraction of sp³-hybridized carbons (Fsp3) is 0.278. The van der Waals surface area contributed by atoms with Crippen molar-refractivity contribution >= 4 is 32.9 Å². The van der Waals surface area contributed by atoms with Gasteiger partial charge in [-0.1, -0.05) is 18.2 Å². The van der Waals surface area contributed by atoms with E-state index < -0.39 is 32.9 Å². The maximum atomic E-state index is 13.3. The molecule has 2 aliphatic rings. The summed E-state index contributed by atoms with van der Waals surface area (Å²) < 4.78 is 30.0. The number of anilines is 2. The van der Waals surface area contributed by atoms with E-state index in [1.807, 2.05) is 0 Å². The molecule has 0 aromatic heterocycles. The second-order valence-corrected chi connectivity index (χ2v) is 8.84. The SMILES string of the molecule is COc1ccccc1N1C(=O)N(c2cccc([N+](=O)[O-])c2)[C@H]2CS(=O)(=O)C[C@@H]21. The van der Waals surface area contributed by atoms with Crippen LogP contribution in [0.4, 0.5) is 21.9 Å². The number of fused-ring (bicyclic) bond motifs is 1. The second kappa shape index (κ2) is 6.48. The number of sulfone groups is 1. The maximum absolute atomic E-state index is 13.3. The van der Waals surface area contributed by atoms with Gasteiger partial charge in [-0.25, -0.2) is 13.2 Å². The quantitative estimate of drug-likeness (QED) is 0.440. The van der Waals surface area contributed by atoms with E-state index in [1.165, 1.54) is 35.1 Å². The van der Waals surface area contributed by atoms with Gasteiger partial charge in [0.25, 0.3) is 5.69 Å². The minimum Gasteiger partial charge on any atom is -0.495 e. The standard InChI is InChI=1S/C18H17N3O6S/c1-27-17-8-3-2-7-14(17)20-16-11-28(25,26)10-15(16)19(18(20)22)12-5-4-6-13(9-12)21(23)24/h2-9,15-16H,10-11H2,1H3/t15-,16-/m0/s1. The largest absolute Gasteiger partial charge is 0.495 e. The molecule has 2 aromatic rings. The normalized spacial score (nSPS) is 23.0. The number of rotatable bonds is 4. The Hall–Kier alpha value is -3.14. The number of amides is 2. The van der Waals surface area contributed by atoms with Crippen LogP contribution in [0.15, 0.2) is 48.5 Å². The number of nitro groups is 1. The van der Waals surface area contributed by atoms with Crippen LogP contribution in [0, 0.1) is 10.1 Å². The predicted molar refractivity (Wildman–Crippen MR) is 103 cm³/mol. The molecule has 0 saturated carbocycles. The highest BCUT2D eigenvalue weighted by atomic mass is 32.2. The number of hydrogen-bond donors (Lipinski definition) is 0. The van der Waals surface area contributed by atoms with Gasteiger partial charge >= 0.3 is 6.03 Å². The number of methoxy groups -OCH3 is 1. The number of benzene rings is 2. The fourth-order valence-electron chi connectivity index (χ4n) is 3.87. The summed E-state index contributed by atoms with van der Waals surface area (Å²) in [6, 6.07) is 10.9. The molecule has 0 aliphatic carbocycles. The minimum absolute atomic E-state index is 0.168. The molecule has 2 heterocycles. The molecule has 2 aromatic carbocycles. The van der Waals surface area contributed by atoms with E-state index in [4.69, 9.17) is 4.74 Å². The van der Waals surface area contributed by atoms with Crippen molar-refractivity contribution in [3.8, 4) is 5.75 Å². The Morgan fingerprint density at radius 2 is 1.75 bits per heavy atom. The number of hydrogen-bond acceptors (Lipinski definition) is 6. The van der Waals surface area contributed by atoms with Crippen molar-refractivity contribution in [1.82, 2.24) is 0 Å². The van der Waals surface area contributed by atoms with Crippen molar-refractivity contribution in [3.05, 3.63) is 58.6 Å². The van der Waals surface area contributed by atoms with Crippen molar-refractivity contribution in [2.24, 2.45) is 0 Å². The van der Waals surface area contributed by atoms with Crippen LogP contribution in [-0.2, 0) is 9.84 Å². The lowest BCUT2D eigenvalue weighted by molar-refractivity contribution is -0.384. The second-order valence-electron chi connectivity index (χ2n) is 6.68. The van der Waals surface area contributed by atoms with E-state index in [0.29, 0.717) is 17.1 Å². The van der Waals surface area contributed by atoms with Crippen LogP contribution >= 0.6 is 0 Å². The number of carbonyl (C=O) groups is 1. The molecule has 10 heteroatoms. The summed E-state index contributed by atoms with van der Waals surface area (Å²) in [5.74, 6) is 0.0738. The summed E-state index contributed by atoms with van der Waals surface area (Å²) in [5, 5.41) is 11.1. The Labute approximate surface area is 161 Å². The van der Waals surface area contributed by atoms with Crippen LogP contribution in [-0.4, -0.2) is 50.1 Å². The molecule has 0 bridgehead atoms. The van der Waals surface area contributed by atoms with Gasteiger partial charge in [0.2, 0.25) is 0 Å². The zero-order valence-electron chi connectivity index (χ0n) is 14.9. The highest BCUT2D eigenvalue weighted by molar-refractivity contribution is 7.91. The number of non-ortho nitro benzene ring substituents is 1. The average molecular weight is 403 g/mol. The third-order valence-electron chi connectivity index (χ3n) is 5.03. The summed E-state index contributed by atoms with van der Waals surface area (Å²) in [4.78, 5) is 26.7. The molecular weight excluding hydrogens is 386 g/mol. The molecule has 0 N–H and O–H groups in total. The number of ether oxygens (including phenoxy) is 1. The number of para-hydroxylation sites is 2. The van der Waals surface area contributed by atoms with Gasteiger partial charge in [0.05, 0.1) is 47.0 Å². The van der Waals surface area contributed by atoms with Crippen LogP contribution in [0.2, 0.25) is 0 Å². The van der Waals surface area contributed by atoms with Crippen LogP contribution < -0.4 is 14.5 Å². The molecule has 4 rings (SSSR count). The summed E-state index contributed by atoms with van der Waals surface area (Å²) in [6.07, 6.45) is 0. The fourth-order valence-corrected chi connectivity index (χ4v) is 5.79.